The number of rotatable bonds is 8. The van der Waals surface area contributed by atoms with Crippen molar-refractivity contribution in [3.63, 3.8) is 0 Å². The highest BCUT2D eigenvalue weighted by Gasteiger charge is 2.15. The molecule has 0 aliphatic carbocycles. The summed E-state index contributed by atoms with van der Waals surface area (Å²) < 4.78 is 32.3. The average molecular weight is 405 g/mol. The first-order valence-electron chi connectivity index (χ1n) is 9.25. The highest BCUT2D eigenvalue weighted by molar-refractivity contribution is 7.89. The smallest absolute Gasteiger partial charge is 0.251 e. The predicted molar refractivity (Wildman–Crippen MR) is 110 cm³/mol. The highest BCUT2D eigenvalue weighted by Crippen LogP contribution is 2.22. The van der Waals surface area contributed by atoms with Crippen LogP contribution in [0.1, 0.15) is 43.6 Å². The van der Waals surface area contributed by atoms with E-state index in [-0.39, 0.29) is 29.3 Å². The Labute approximate surface area is 167 Å². The first-order chi connectivity index (χ1) is 13.1. The standard InChI is InChI=1S/C21H28N2O4S/c1-5-27-18-10-12-19(13-11-18)28(25,26)23-15-14-22-20(24)16-6-8-17(9-7-16)21(2,3)4/h6-13,23H,5,14-15H2,1-4H3,(H,22,24). The molecule has 0 aliphatic heterocycles. The van der Waals surface area contributed by atoms with Gasteiger partial charge in [-0.3, -0.25) is 4.79 Å². The molecule has 28 heavy (non-hydrogen) atoms. The molecule has 0 unspecified atom stereocenters. The summed E-state index contributed by atoms with van der Waals surface area (Å²) in [7, 11) is -3.63. The van der Waals surface area contributed by atoms with Crippen molar-refractivity contribution in [3.05, 3.63) is 59.7 Å². The van der Waals surface area contributed by atoms with Gasteiger partial charge < -0.3 is 10.1 Å². The van der Waals surface area contributed by atoms with Crippen molar-refractivity contribution in [2.24, 2.45) is 0 Å². The van der Waals surface area contributed by atoms with Gasteiger partial charge >= 0.3 is 0 Å². The van der Waals surface area contributed by atoms with Gasteiger partial charge in [-0.25, -0.2) is 13.1 Å². The third kappa shape index (κ3) is 6.07. The number of hydrogen-bond donors (Lipinski definition) is 2. The minimum atomic E-state index is -3.63. The molecule has 1 amide bonds. The van der Waals surface area contributed by atoms with Crippen LogP contribution in [0.15, 0.2) is 53.4 Å². The van der Waals surface area contributed by atoms with E-state index in [0.29, 0.717) is 17.9 Å². The monoisotopic (exact) mass is 404 g/mol. The number of ether oxygens (including phenoxy) is 1. The Morgan fingerprint density at radius 3 is 2.11 bits per heavy atom. The van der Waals surface area contributed by atoms with E-state index in [9.17, 15) is 13.2 Å². The molecule has 0 saturated carbocycles. The normalized spacial score (nSPS) is 11.9. The van der Waals surface area contributed by atoms with Crippen LogP contribution < -0.4 is 14.8 Å². The number of amides is 1. The first kappa shape index (κ1) is 21.9. The van der Waals surface area contributed by atoms with Crippen molar-refractivity contribution in [1.29, 1.82) is 0 Å². The summed E-state index contributed by atoms with van der Waals surface area (Å²) in [6.07, 6.45) is 0. The molecule has 0 aliphatic rings. The van der Waals surface area contributed by atoms with Gasteiger partial charge in [-0.15, -0.1) is 0 Å². The molecule has 2 aromatic rings. The highest BCUT2D eigenvalue weighted by atomic mass is 32.2. The van der Waals surface area contributed by atoms with Crippen LogP contribution in [0.4, 0.5) is 0 Å². The van der Waals surface area contributed by atoms with E-state index in [1.165, 1.54) is 12.1 Å². The second-order valence-corrected chi connectivity index (χ2v) is 9.15. The van der Waals surface area contributed by atoms with Crippen LogP contribution in [-0.2, 0) is 15.4 Å². The third-order valence-electron chi connectivity index (χ3n) is 4.16. The van der Waals surface area contributed by atoms with Gasteiger partial charge in [-0.1, -0.05) is 32.9 Å². The zero-order valence-corrected chi connectivity index (χ0v) is 17.6. The lowest BCUT2D eigenvalue weighted by Gasteiger charge is -2.19. The van der Waals surface area contributed by atoms with Crippen molar-refractivity contribution in [2.45, 2.75) is 38.0 Å². The van der Waals surface area contributed by atoms with Crippen molar-refractivity contribution < 1.29 is 17.9 Å². The molecular weight excluding hydrogens is 376 g/mol. The molecule has 6 nitrogen and oxygen atoms in total. The van der Waals surface area contributed by atoms with Crippen LogP contribution in [-0.4, -0.2) is 34.0 Å². The van der Waals surface area contributed by atoms with Gasteiger partial charge in [0.05, 0.1) is 11.5 Å². The quantitative estimate of drug-likeness (QED) is 0.662. The van der Waals surface area contributed by atoms with Gasteiger partial charge in [0.25, 0.3) is 5.91 Å². The van der Waals surface area contributed by atoms with E-state index < -0.39 is 10.0 Å². The zero-order valence-electron chi connectivity index (χ0n) is 16.8. The Morgan fingerprint density at radius 2 is 1.57 bits per heavy atom. The Kier molecular flexibility index (Phi) is 7.21. The maximum absolute atomic E-state index is 12.3. The van der Waals surface area contributed by atoms with Crippen LogP contribution in [0.3, 0.4) is 0 Å². The maximum atomic E-state index is 12.3. The summed E-state index contributed by atoms with van der Waals surface area (Å²) >= 11 is 0. The zero-order chi connectivity index (χ0) is 20.8. The Balaban J connectivity index is 1.85. The number of sulfonamides is 1. The molecule has 0 aromatic heterocycles. The topological polar surface area (TPSA) is 84.5 Å². The number of benzene rings is 2. The summed E-state index contributed by atoms with van der Waals surface area (Å²) in [5.74, 6) is 0.381. The lowest BCUT2D eigenvalue weighted by molar-refractivity contribution is 0.0954. The minimum Gasteiger partial charge on any atom is -0.494 e. The van der Waals surface area contributed by atoms with E-state index >= 15 is 0 Å². The fourth-order valence-corrected chi connectivity index (χ4v) is 3.58. The fraction of sp³-hybridized carbons (Fsp3) is 0.381. The van der Waals surface area contributed by atoms with E-state index in [2.05, 4.69) is 30.8 Å². The summed E-state index contributed by atoms with van der Waals surface area (Å²) in [5, 5.41) is 2.72. The summed E-state index contributed by atoms with van der Waals surface area (Å²) in [4.78, 5) is 12.3. The van der Waals surface area contributed by atoms with Gasteiger partial charge in [0, 0.05) is 18.7 Å². The predicted octanol–water partition coefficient (Wildman–Crippen LogP) is 3.09. The Hall–Kier alpha value is -2.38. The Bertz CT molecular complexity index is 883. The lowest BCUT2D eigenvalue weighted by atomic mass is 9.87. The summed E-state index contributed by atoms with van der Waals surface area (Å²) in [5.41, 5.74) is 1.71. The van der Waals surface area contributed by atoms with Crippen molar-refractivity contribution >= 4 is 15.9 Å². The van der Waals surface area contributed by atoms with Gasteiger partial charge in [0.15, 0.2) is 0 Å². The van der Waals surface area contributed by atoms with Crippen LogP contribution >= 0.6 is 0 Å². The molecule has 0 spiro atoms. The summed E-state index contributed by atoms with van der Waals surface area (Å²) in [6, 6.07) is 13.6. The van der Waals surface area contributed by atoms with Gasteiger partial charge in [-0.05, 0) is 54.3 Å². The second kappa shape index (κ2) is 9.21. The van der Waals surface area contributed by atoms with Crippen LogP contribution in [0, 0.1) is 0 Å². The molecule has 0 radical (unpaired) electrons. The van der Waals surface area contributed by atoms with Crippen LogP contribution in [0.25, 0.3) is 0 Å². The van der Waals surface area contributed by atoms with Crippen LogP contribution in [0.5, 0.6) is 5.75 Å². The maximum Gasteiger partial charge on any atom is 0.251 e. The number of nitrogens with one attached hydrogen (secondary N) is 2. The van der Waals surface area contributed by atoms with Gasteiger partial charge in [0.2, 0.25) is 10.0 Å². The molecule has 152 valence electrons. The molecule has 2 rings (SSSR count). The lowest BCUT2D eigenvalue weighted by Crippen LogP contribution is -2.34. The Morgan fingerprint density at radius 1 is 0.964 bits per heavy atom. The second-order valence-electron chi connectivity index (χ2n) is 7.39. The fourth-order valence-electron chi connectivity index (χ4n) is 2.55. The van der Waals surface area contributed by atoms with Crippen molar-refractivity contribution in [2.75, 3.05) is 19.7 Å². The van der Waals surface area contributed by atoms with E-state index in [1.54, 1.807) is 24.3 Å². The molecule has 2 aromatic carbocycles. The molecule has 0 heterocycles. The molecule has 0 bridgehead atoms. The van der Waals surface area contributed by atoms with E-state index in [0.717, 1.165) is 5.56 Å². The molecule has 0 atom stereocenters. The molecule has 7 heteroatoms. The third-order valence-corrected chi connectivity index (χ3v) is 5.64. The number of carbonyl (C=O) groups excluding carboxylic acids is 1. The average Bonchev–Trinajstić information content (AvgIpc) is 2.65. The van der Waals surface area contributed by atoms with Crippen molar-refractivity contribution in [1.82, 2.24) is 10.0 Å². The van der Waals surface area contributed by atoms with Crippen molar-refractivity contribution in [3.8, 4) is 5.75 Å². The number of hydrogen-bond acceptors (Lipinski definition) is 4. The molecule has 0 saturated heterocycles. The first-order valence-corrected chi connectivity index (χ1v) is 10.7. The summed E-state index contributed by atoms with van der Waals surface area (Å²) in [6.45, 7) is 9.00. The molecule has 2 N–H and O–H groups in total. The van der Waals surface area contributed by atoms with Gasteiger partial charge in [0.1, 0.15) is 5.75 Å². The number of carbonyl (C=O) groups is 1. The minimum absolute atomic E-state index is 0.0220. The van der Waals surface area contributed by atoms with E-state index in [1.807, 2.05) is 19.1 Å². The van der Waals surface area contributed by atoms with Gasteiger partial charge in [-0.2, -0.15) is 0 Å². The molecular formula is C21H28N2O4S. The molecule has 0 fully saturated rings. The van der Waals surface area contributed by atoms with E-state index in [4.69, 9.17) is 4.74 Å². The SMILES string of the molecule is CCOc1ccc(S(=O)(=O)NCCNC(=O)c2ccc(C(C)(C)C)cc2)cc1. The van der Waals surface area contributed by atoms with Crippen LogP contribution in [0.2, 0.25) is 0 Å². The largest absolute Gasteiger partial charge is 0.494 e.